The largest absolute Gasteiger partial charge is 0.341 e. The van der Waals surface area contributed by atoms with Gasteiger partial charge in [-0.3, -0.25) is 14.8 Å². The topological polar surface area (TPSA) is 46.1 Å². The first kappa shape index (κ1) is 14.5. The first-order valence-corrected chi connectivity index (χ1v) is 6.73. The van der Waals surface area contributed by atoms with Gasteiger partial charge in [0.15, 0.2) is 0 Å². The predicted molar refractivity (Wildman–Crippen MR) is 78.9 cm³/mol. The summed E-state index contributed by atoms with van der Waals surface area (Å²) in [6.07, 6.45) is 3.98. The highest BCUT2D eigenvalue weighted by Crippen LogP contribution is 2.17. The number of aryl methyl sites for hydroxylation is 1. The molecule has 4 nitrogen and oxygen atoms in total. The Bertz CT molecular complexity index is 601. The van der Waals surface area contributed by atoms with E-state index < -0.39 is 0 Å². The minimum atomic E-state index is -0.126. The Hall–Kier alpha value is -1.94. The Morgan fingerprint density at radius 1 is 1.35 bits per heavy atom. The molecule has 0 saturated heterocycles. The molecule has 2 heterocycles. The van der Waals surface area contributed by atoms with Crippen LogP contribution in [-0.4, -0.2) is 34.4 Å². The maximum atomic E-state index is 12.3. The minimum Gasteiger partial charge on any atom is -0.341 e. The number of amides is 1. The fourth-order valence-corrected chi connectivity index (χ4v) is 2.11. The number of carbonyl (C=O) groups excluding carboxylic acids is 1. The van der Waals surface area contributed by atoms with E-state index in [1.54, 1.807) is 24.2 Å². The molecule has 0 atom stereocenters. The molecular weight excluding hydrogens is 274 g/mol. The molecule has 20 heavy (non-hydrogen) atoms. The van der Waals surface area contributed by atoms with Crippen LogP contribution in [0.15, 0.2) is 36.7 Å². The number of hydrogen-bond acceptors (Lipinski definition) is 3. The van der Waals surface area contributed by atoms with Gasteiger partial charge in [-0.1, -0.05) is 17.7 Å². The molecule has 2 aromatic rings. The monoisotopic (exact) mass is 289 g/mol. The van der Waals surface area contributed by atoms with Crippen LogP contribution < -0.4 is 0 Å². The summed E-state index contributed by atoms with van der Waals surface area (Å²) >= 11 is 6.09. The molecule has 0 bridgehead atoms. The van der Waals surface area contributed by atoms with Gasteiger partial charge in [0, 0.05) is 43.8 Å². The van der Waals surface area contributed by atoms with Gasteiger partial charge in [-0.15, -0.1) is 0 Å². The van der Waals surface area contributed by atoms with Gasteiger partial charge < -0.3 is 4.90 Å². The first-order valence-electron chi connectivity index (χ1n) is 6.35. The zero-order valence-corrected chi connectivity index (χ0v) is 12.3. The van der Waals surface area contributed by atoms with Crippen molar-refractivity contribution < 1.29 is 4.79 Å². The predicted octanol–water partition coefficient (Wildman–Crippen LogP) is 2.75. The number of nitrogens with zero attached hydrogens (tertiary/aromatic N) is 3. The highest BCUT2D eigenvalue weighted by atomic mass is 35.5. The molecule has 0 fully saturated rings. The molecule has 2 rings (SSSR count). The van der Waals surface area contributed by atoms with Gasteiger partial charge in [0.1, 0.15) is 0 Å². The summed E-state index contributed by atoms with van der Waals surface area (Å²) in [4.78, 5) is 22.3. The molecule has 2 aromatic heterocycles. The van der Waals surface area contributed by atoms with Gasteiger partial charge in [0.2, 0.25) is 0 Å². The van der Waals surface area contributed by atoms with E-state index in [9.17, 15) is 4.79 Å². The maximum absolute atomic E-state index is 12.3. The number of halogens is 1. The van der Waals surface area contributed by atoms with E-state index >= 15 is 0 Å². The third kappa shape index (κ3) is 3.54. The summed E-state index contributed by atoms with van der Waals surface area (Å²) in [5, 5.41) is 0.437. The van der Waals surface area contributed by atoms with Crippen molar-refractivity contribution in [2.75, 3.05) is 13.6 Å². The molecule has 0 aliphatic heterocycles. The quantitative estimate of drug-likeness (QED) is 0.869. The van der Waals surface area contributed by atoms with E-state index in [0.29, 0.717) is 23.6 Å². The van der Waals surface area contributed by atoms with Crippen molar-refractivity contribution in [1.29, 1.82) is 0 Å². The molecule has 104 valence electrons. The van der Waals surface area contributed by atoms with E-state index in [1.807, 2.05) is 25.1 Å². The normalized spacial score (nSPS) is 10.3. The van der Waals surface area contributed by atoms with E-state index in [-0.39, 0.29) is 5.91 Å². The van der Waals surface area contributed by atoms with E-state index in [4.69, 9.17) is 11.6 Å². The van der Waals surface area contributed by atoms with Crippen LogP contribution >= 0.6 is 11.6 Å². The fourth-order valence-electron chi connectivity index (χ4n) is 1.82. The van der Waals surface area contributed by atoms with Crippen LogP contribution in [0.25, 0.3) is 0 Å². The number of hydrogen-bond donors (Lipinski definition) is 0. The van der Waals surface area contributed by atoms with Crippen LogP contribution in [0.5, 0.6) is 0 Å². The summed E-state index contributed by atoms with van der Waals surface area (Å²) in [5.74, 6) is -0.126. The van der Waals surface area contributed by atoms with Crippen LogP contribution in [0.4, 0.5) is 0 Å². The molecule has 0 radical (unpaired) electrons. The van der Waals surface area contributed by atoms with Gasteiger partial charge in [-0.2, -0.15) is 0 Å². The number of carbonyl (C=O) groups is 1. The Balaban J connectivity index is 2.01. The Kier molecular flexibility index (Phi) is 4.69. The SMILES string of the molecule is Cc1cc(Cl)c(C(=O)N(C)CCc2ccccn2)cn1. The van der Waals surface area contributed by atoms with Gasteiger partial charge >= 0.3 is 0 Å². The second kappa shape index (κ2) is 6.48. The third-order valence-corrected chi connectivity index (χ3v) is 3.31. The molecule has 5 heteroatoms. The first-order chi connectivity index (χ1) is 9.58. The Morgan fingerprint density at radius 3 is 2.80 bits per heavy atom. The van der Waals surface area contributed by atoms with Gasteiger partial charge in [0.25, 0.3) is 5.91 Å². The average molecular weight is 290 g/mol. The molecule has 0 aromatic carbocycles. The van der Waals surface area contributed by atoms with Crippen LogP contribution in [0.3, 0.4) is 0 Å². The molecule has 0 saturated carbocycles. The fraction of sp³-hybridized carbons (Fsp3) is 0.267. The van der Waals surface area contributed by atoms with Gasteiger partial charge in [0.05, 0.1) is 10.6 Å². The van der Waals surface area contributed by atoms with E-state index in [1.165, 1.54) is 6.20 Å². The van der Waals surface area contributed by atoms with Crippen LogP contribution in [0.2, 0.25) is 5.02 Å². The van der Waals surface area contributed by atoms with Crippen LogP contribution in [0.1, 0.15) is 21.7 Å². The summed E-state index contributed by atoms with van der Waals surface area (Å²) in [6, 6.07) is 7.45. The molecule has 0 aliphatic rings. The second-order valence-corrected chi connectivity index (χ2v) is 5.01. The number of likely N-dealkylation sites (N-methyl/N-ethyl adjacent to an activating group) is 1. The summed E-state index contributed by atoms with van der Waals surface area (Å²) in [7, 11) is 1.75. The van der Waals surface area contributed by atoms with Gasteiger partial charge in [-0.25, -0.2) is 0 Å². The molecular formula is C15H16ClN3O. The van der Waals surface area contributed by atoms with Crippen molar-refractivity contribution in [2.24, 2.45) is 0 Å². The van der Waals surface area contributed by atoms with Crippen molar-refractivity contribution in [3.8, 4) is 0 Å². The smallest absolute Gasteiger partial charge is 0.256 e. The number of aromatic nitrogens is 2. The lowest BCUT2D eigenvalue weighted by molar-refractivity contribution is 0.0796. The summed E-state index contributed by atoms with van der Waals surface area (Å²) in [6.45, 7) is 2.42. The summed E-state index contributed by atoms with van der Waals surface area (Å²) in [5.41, 5.74) is 2.18. The molecule has 1 amide bonds. The maximum Gasteiger partial charge on any atom is 0.256 e. The molecule has 0 N–H and O–H groups in total. The Morgan fingerprint density at radius 2 is 2.15 bits per heavy atom. The summed E-state index contributed by atoms with van der Waals surface area (Å²) < 4.78 is 0. The van der Waals surface area contributed by atoms with Gasteiger partial charge in [-0.05, 0) is 25.1 Å². The van der Waals surface area contributed by atoms with Crippen LogP contribution in [-0.2, 0) is 6.42 Å². The lowest BCUT2D eigenvalue weighted by Crippen LogP contribution is -2.29. The highest BCUT2D eigenvalue weighted by Gasteiger charge is 2.15. The lowest BCUT2D eigenvalue weighted by atomic mass is 10.2. The third-order valence-electron chi connectivity index (χ3n) is 3.00. The van der Waals surface area contributed by atoms with Crippen molar-refractivity contribution >= 4 is 17.5 Å². The molecule has 0 unspecified atom stereocenters. The average Bonchev–Trinajstić information content (AvgIpc) is 2.45. The second-order valence-electron chi connectivity index (χ2n) is 4.60. The van der Waals surface area contributed by atoms with Crippen LogP contribution in [0, 0.1) is 6.92 Å². The van der Waals surface area contributed by atoms with Crippen molar-refractivity contribution in [1.82, 2.24) is 14.9 Å². The van der Waals surface area contributed by atoms with Crippen molar-refractivity contribution in [3.63, 3.8) is 0 Å². The van der Waals surface area contributed by atoms with Crippen molar-refractivity contribution in [3.05, 3.63) is 58.6 Å². The van der Waals surface area contributed by atoms with Crippen molar-refractivity contribution in [2.45, 2.75) is 13.3 Å². The van der Waals surface area contributed by atoms with E-state index in [0.717, 1.165) is 11.4 Å². The number of rotatable bonds is 4. The Labute approximate surface area is 123 Å². The zero-order valence-electron chi connectivity index (χ0n) is 11.5. The molecule has 0 aliphatic carbocycles. The lowest BCUT2D eigenvalue weighted by Gasteiger charge is -2.17. The standard InChI is InChI=1S/C15H16ClN3O/c1-11-9-14(16)13(10-18-11)15(20)19(2)8-6-12-5-3-4-7-17-12/h3-5,7,9-10H,6,8H2,1-2H3. The highest BCUT2D eigenvalue weighted by molar-refractivity contribution is 6.33. The minimum absolute atomic E-state index is 0.126. The van der Waals surface area contributed by atoms with E-state index in [2.05, 4.69) is 9.97 Å². The molecule has 0 spiro atoms. The zero-order chi connectivity index (χ0) is 14.5. The number of pyridine rings is 2.